The smallest absolute Gasteiger partial charge is 0.251 e. The Bertz CT molecular complexity index is 778. The van der Waals surface area contributed by atoms with Crippen molar-refractivity contribution < 1.29 is 18.5 Å². The molecular weight excluding hydrogens is 362 g/mol. The predicted molar refractivity (Wildman–Crippen MR) is 105 cm³/mol. The Hall–Kier alpha value is -1.44. The number of nitrogens with one attached hydrogen (secondary N) is 1. The molecule has 2 aliphatic heterocycles. The highest BCUT2D eigenvalue weighted by atomic mass is 32.2. The standard InChI is InChI=1S/C20H31N3O3S/c1-19(2)13-16(14-20(3,4)22-19)21-18(24)15-7-9-17(10-8-15)27(25,26)23-11-5-6-12-23/h7-10,16,22H,5-6,11-14H2,1-4H3,(H,21,24)/p+1. The zero-order valence-electron chi connectivity index (χ0n) is 16.8. The molecule has 7 heteroatoms. The average Bonchev–Trinajstić information content (AvgIpc) is 3.07. The summed E-state index contributed by atoms with van der Waals surface area (Å²) in [7, 11) is -3.44. The molecule has 0 aliphatic carbocycles. The van der Waals surface area contributed by atoms with Gasteiger partial charge in [0.05, 0.1) is 16.0 Å². The van der Waals surface area contributed by atoms with Crippen LogP contribution in [0.25, 0.3) is 0 Å². The highest BCUT2D eigenvalue weighted by molar-refractivity contribution is 7.89. The average molecular weight is 395 g/mol. The van der Waals surface area contributed by atoms with Crippen molar-refractivity contribution >= 4 is 15.9 Å². The fourth-order valence-corrected chi connectivity index (χ4v) is 6.26. The number of amides is 1. The molecule has 2 heterocycles. The van der Waals surface area contributed by atoms with Crippen molar-refractivity contribution in [3.05, 3.63) is 29.8 Å². The third-order valence-corrected chi connectivity index (χ3v) is 7.39. The van der Waals surface area contributed by atoms with Crippen molar-refractivity contribution in [1.29, 1.82) is 0 Å². The Morgan fingerprint density at radius 3 is 2.07 bits per heavy atom. The highest BCUT2D eigenvalue weighted by Gasteiger charge is 2.42. The van der Waals surface area contributed by atoms with Crippen LogP contribution in [0, 0.1) is 0 Å². The van der Waals surface area contributed by atoms with E-state index in [9.17, 15) is 13.2 Å². The molecular formula is C20H32N3O3S+. The lowest BCUT2D eigenvalue weighted by Gasteiger charge is -2.43. The summed E-state index contributed by atoms with van der Waals surface area (Å²) in [6.45, 7) is 9.95. The van der Waals surface area contributed by atoms with Gasteiger partial charge in [0.15, 0.2) is 0 Å². The lowest BCUT2D eigenvalue weighted by molar-refractivity contribution is -0.787. The van der Waals surface area contributed by atoms with E-state index in [0.717, 1.165) is 25.7 Å². The molecule has 3 rings (SSSR count). The summed E-state index contributed by atoms with van der Waals surface area (Å²) in [5.41, 5.74) is 0.654. The van der Waals surface area contributed by atoms with Crippen LogP contribution in [-0.2, 0) is 10.0 Å². The number of carbonyl (C=O) groups excluding carboxylic acids is 1. The summed E-state index contributed by atoms with van der Waals surface area (Å²) < 4.78 is 26.7. The highest BCUT2D eigenvalue weighted by Crippen LogP contribution is 2.23. The number of nitrogens with two attached hydrogens (primary N) is 1. The van der Waals surface area contributed by atoms with Gasteiger partial charge in [-0.05, 0) is 64.8 Å². The number of hydrogen-bond acceptors (Lipinski definition) is 3. The molecule has 1 aromatic rings. The van der Waals surface area contributed by atoms with Crippen molar-refractivity contribution in [2.75, 3.05) is 13.1 Å². The first-order valence-corrected chi connectivity index (χ1v) is 11.2. The molecule has 0 atom stereocenters. The first kappa shape index (κ1) is 20.3. The van der Waals surface area contributed by atoms with E-state index >= 15 is 0 Å². The Morgan fingerprint density at radius 2 is 1.56 bits per heavy atom. The van der Waals surface area contributed by atoms with Crippen LogP contribution in [0.5, 0.6) is 0 Å². The zero-order chi connectivity index (χ0) is 19.9. The molecule has 27 heavy (non-hydrogen) atoms. The van der Waals surface area contributed by atoms with Gasteiger partial charge in [-0.15, -0.1) is 0 Å². The Labute approximate surface area is 162 Å². The minimum absolute atomic E-state index is 0.0767. The van der Waals surface area contributed by atoms with E-state index in [4.69, 9.17) is 0 Å². The molecule has 0 spiro atoms. The van der Waals surface area contributed by atoms with Gasteiger partial charge >= 0.3 is 0 Å². The minimum Gasteiger partial charge on any atom is -0.349 e. The molecule has 0 bridgehead atoms. The monoisotopic (exact) mass is 394 g/mol. The van der Waals surface area contributed by atoms with Crippen molar-refractivity contribution in [1.82, 2.24) is 9.62 Å². The Morgan fingerprint density at radius 1 is 1.04 bits per heavy atom. The van der Waals surface area contributed by atoms with Gasteiger partial charge in [0.25, 0.3) is 5.91 Å². The van der Waals surface area contributed by atoms with Crippen LogP contribution in [0.4, 0.5) is 0 Å². The largest absolute Gasteiger partial charge is 0.349 e. The van der Waals surface area contributed by atoms with E-state index in [0.29, 0.717) is 18.7 Å². The molecule has 0 aromatic heterocycles. The second-order valence-electron chi connectivity index (χ2n) is 9.34. The maximum Gasteiger partial charge on any atom is 0.251 e. The Balaban J connectivity index is 1.69. The third-order valence-electron chi connectivity index (χ3n) is 5.48. The summed E-state index contributed by atoms with van der Waals surface area (Å²) in [6, 6.07) is 6.43. The van der Waals surface area contributed by atoms with Crippen LogP contribution in [0.1, 0.15) is 63.7 Å². The molecule has 1 amide bonds. The quantitative estimate of drug-likeness (QED) is 0.811. The third kappa shape index (κ3) is 4.70. The SMILES string of the molecule is CC1(C)CC(NC(=O)c2ccc(S(=O)(=O)N3CCCC3)cc2)CC(C)(C)[NH2+]1. The first-order valence-electron chi connectivity index (χ1n) is 9.77. The van der Waals surface area contributed by atoms with Gasteiger partial charge in [-0.25, -0.2) is 8.42 Å². The number of piperidine rings is 1. The van der Waals surface area contributed by atoms with E-state index in [1.165, 1.54) is 4.31 Å². The number of sulfonamides is 1. The minimum atomic E-state index is -3.44. The van der Waals surface area contributed by atoms with Crippen LogP contribution in [0.2, 0.25) is 0 Å². The molecule has 2 aliphatic rings. The van der Waals surface area contributed by atoms with Gasteiger partial charge in [0, 0.05) is 37.5 Å². The predicted octanol–water partition coefficient (Wildman–Crippen LogP) is 1.48. The fraction of sp³-hybridized carbons (Fsp3) is 0.650. The fourth-order valence-electron chi connectivity index (χ4n) is 4.74. The summed E-state index contributed by atoms with van der Waals surface area (Å²) in [5, 5.41) is 5.52. The normalized spacial score (nSPS) is 23.3. The lowest BCUT2D eigenvalue weighted by Crippen LogP contribution is -3.06. The second-order valence-corrected chi connectivity index (χ2v) is 11.3. The molecule has 150 valence electrons. The maximum absolute atomic E-state index is 12.7. The molecule has 2 fully saturated rings. The summed E-state index contributed by atoms with van der Waals surface area (Å²) in [4.78, 5) is 12.9. The number of benzene rings is 1. The Kier molecular flexibility index (Phi) is 5.40. The van der Waals surface area contributed by atoms with E-state index in [1.54, 1.807) is 24.3 Å². The van der Waals surface area contributed by atoms with Gasteiger partial charge in [0.2, 0.25) is 10.0 Å². The second kappa shape index (κ2) is 7.18. The molecule has 0 unspecified atom stereocenters. The molecule has 3 N–H and O–H groups in total. The number of carbonyl (C=O) groups is 1. The topological polar surface area (TPSA) is 83.1 Å². The van der Waals surface area contributed by atoms with Gasteiger partial charge in [-0.1, -0.05) is 0 Å². The van der Waals surface area contributed by atoms with Crippen LogP contribution >= 0.6 is 0 Å². The number of nitrogens with zero attached hydrogens (tertiary/aromatic N) is 1. The molecule has 6 nitrogen and oxygen atoms in total. The van der Waals surface area contributed by atoms with Crippen molar-refractivity contribution in [3.8, 4) is 0 Å². The molecule has 0 radical (unpaired) electrons. The van der Waals surface area contributed by atoms with Crippen molar-refractivity contribution in [2.45, 2.75) is 75.4 Å². The van der Waals surface area contributed by atoms with Crippen LogP contribution in [-0.4, -0.2) is 48.8 Å². The van der Waals surface area contributed by atoms with Crippen LogP contribution in [0.15, 0.2) is 29.2 Å². The van der Waals surface area contributed by atoms with Crippen LogP contribution in [0.3, 0.4) is 0 Å². The molecule has 2 saturated heterocycles. The number of quaternary nitrogens is 1. The van der Waals surface area contributed by atoms with Gasteiger partial charge in [0.1, 0.15) is 0 Å². The van der Waals surface area contributed by atoms with E-state index < -0.39 is 10.0 Å². The van der Waals surface area contributed by atoms with Crippen molar-refractivity contribution in [3.63, 3.8) is 0 Å². The number of hydrogen-bond donors (Lipinski definition) is 2. The first-order chi connectivity index (χ1) is 12.5. The number of rotatable bonds is 4. The maximum atomic E-state index is 12.7. The van der Waals surface area contributed by atoms with Gasteiger partial charge < -0.3 is 10.6 Å². The summed E-state index contributed by atoms with van der Waals surface area (Å²) in [6.07, 6.45) is 3.63. The summed E-state index contributed by atoms with van der Waals surface area (Å²) in [5.74, 6) is -0.140. The van der Waals surface area contributed by atoms with E-state index in [2.05, 4.69) is 38.3 Å². The van der Waals surface area contributed by atoms with E-state index in [1.807, 2.05) is 0 Å². The van der Waals surface area contributed by atoms with Crippen molar-refractivity contribution in [2.24, 2.45) is 0 Å². The summed E-state index contributed by atoms with van der Waals surface area (Å²) >= 11 is 0. The molecule has 1 aromatic carbocycles. The molecule has 0 saturated carbocycles. The van der Waals surface area contributed by atoms with E-state index in [-0.39, 0.29) is 27.9 Å². The van der Waals surface area contributed by atoms with Gasteiger partial charge in [-0.3, -0.25) is 4.79 Å². The van der Waals surface area contributed by atoms with Gasteiger partial charge in [-0.2, -0.15) is 4.31 Å². The van der Waals surface area contributed by atoms with Crippen LogP contribution < -0.4 is 10.6 Å². The zero-order valence-corrected chi connectivity index (χ0v) is 17.6. The lowest BCUT2D eigenvalue weighted by atomic mass is 9.79.